The lowest BCUT2D eigenvalue weighted by atomic mass is 9.94. The fourth-order valence-electron chi connectivity index (χ4n) is 4.23. The molecule has 0 unspecified atom stereocenters. The van der Waals surface area contributed by atoms with Gasteiger partial charge in [0.25, 0.3) is 0 Å². The highest BCUT2D eigenvalue weighted by Gasteiger charge is 2.20. The Labute approximate surface area is 166 Å². The second-order valence-corrected chi connectivity index (χ2v) is 7.94. The summed E-state index contributed by atoms with van der Waals surface area (Å²) >= 11 is 0. The van der Waals surface area contributed by atoms with Gasteiger partial charge in [-0.2, -0.15) is 0 Å². The predicted octanol–water partition coefficient (Wildman–Crippen LogP) is 5.43. The number of nitrogens with one attached hydrogen (secondary N) is 1. The summed E-state index contributed by atoms with van der Waals surface area (Å²) in [5, 5.41) is 3.69. The first-order valence-corrected chi connectivity index (χ1v) is 10.9. The van der Waals surface area contributed by atoms with E-state index in [-0.39, 0.29) is 0 Å². The van der Waals surface area contributed by atoms with Gasteiger partial charge in [-0.25, -0.2) is 0 Å². The Hall–Kier alpha value is -1.64. The summed E-state index contributed by atoms with van der Waals surface area (Å²) in [6.45, 7) is 4.50. The minimum Gasteiger partial charge on any atom is -0.315 e. The summed E-state index contributed by atoms with van der Waals surface area (Å²) in [5.74, 6) is 0. The van der Waals surface area contributed by atoms with Crippen molar-refractivity contribution in [2.75, 3.05) is 19.6 Å². The zero-order valence-electron chi connectivity index (χ0n) is 16.8. The fraction of sp³-hybridized carbons (Fsp3) is 0.520. The van der Waals surface area contributed by atoms with Crippen LogP contribution >= 0.6 is 0 Å². The second kappa shape index (κ2) is 11.9. The van der Waals surface area contributed by atoms with Crippen molar-refractivity contribution < 1.29 is 0 Å². The first-order valence-electron chi connectivity index (χ1n) is 10.9. The van der Waals surface area contributed by atoms with Gasteiger partial charge in [-0.1, -0.05) is 79.9 Å². The molecular formula is C25H36N2. The summed E-state index contributed by atoms with van der Waals surface area (Å²) in [6.07, 6.45) is 10.7. The van der Waals surface area contributed by atoms with Crippen LogP contribution in [0.25, 0.3) is 0 Å². The molecule has 0 aliphatic heterocycles. The highest BCUT2D eigenvalue weighted by atomic mass is 15.2. The van der Waals surface area contributed by atoms with Crippen molar-refractivity contribution in [3.8, 4) is 0 Å². The van der Waals surface area contributed by atoms with Gasteiger partial charge in [-0.05, 0) is 49.8 Å². The summed E-state index contributed by atoms with van der Waals surface area (Å²) in [7, 11) is 0. The molecule has 2 nitrogen and oxygen atoms in total. The third kappa shape index (κ3) is 7.48. The largest absolute Gasteiger partial charge is 0.315 e. The molecule has 1 N–H and O–H groups in total. The zero-order valence-corrected chi connectivity index (χ0v) is 16.8. The predicted molar refractivity (Wildman–Crippen MR) is 116 cm³/mol. The first kappa shape index (κ1) is 20.1. The Kier molecular flexibility index (Phi) is 8.89. The zero-order chi connectivity index (χ0) is 18.6. The van der Waals surface area contributed by atoms with Crippen molar-refractivity contribution in [3.63, 3.8) is 0 Å². The van der Waals surface area contributed by atoms with Gasteiger partial charge >= 0.3 is 0 Å². The highest BCUT2D eigenvalue weighted by Crippen LogP contribution is 2.23. The third-order valence-corrected chi connectivity index (χ3v) is 5.81. The van der Waals surface area contributed by atoms with Crippen LogP contribution in [0.15, 0.2) is 60.7 Å². The molecule has 0 saturated heterocycles. The summed E-state index contributed by atoms with van der Waals surface area (Å²) in [5.41, 5.74) is 2.91. The van der Waals surface area contributed by atoms with E-state index in [1.165, 1.54) is 62.5 Å². The third-order valence-electron chi connectivity index (χ3n) is 5.81. The number of benzene rings is 2. The lowest BCUT2D eigenvalue weighted by molar-refractivity contribution is 0.149. The average molecular weight is 365 g/mol. The minimum atomic E-state index is 0.777. The second-order valence-electron chi connectivity index (χ2n) is 7.94. The normalized spacial score (nSPS) is 15.3. The van der Waals surface area contributed by atoms with Crippen molar-refractivity contribution in [3.05, 3.63) is 71.8 Å². The van der Waals surface area contributed by atoms with E-state index in [2.05, 4.69) is 70.9 Å². The smallest absolute Gasteiger partial charge is 0.0237 e. The van der Waals surface area contributed by atoms with E-state index in [0.29, 0.717) is 0 Å². The molecule has 3 rings (SSSR count). The van der Waals surface area contributed by atoms with Crippen molar-refractivity contribution >= 4 is 0 Å². The lowest BCUT2D eigenvalue weighted by Crippen LogP contribution is -2.40. The quantitative estimate of drug-likeness (QED) is 0.535. The average Bonchev–Trinajstić information content (AvgIpc) is 2.74. The molecular weight excluding hydrogens is 328 g/mol. The topological polar surface area (TPSA) is 15.3 Å². The van der Waals surface area contributed by atoms with Gasteiger partial charge in [0, 0.05) is 25.7 Å². The van der Waals surface area contributed by atoms with E-state index < -0.39 is 0 Å². The summed E-state index contributed by atoms with van der Waals surface area (Å²) < 4.78 is 0. The molecule has 0 spiro atoms. The standard InChI is InChI=1S/C25H36N2/c1-4-12-23(13-5-1)14-10-11-19-26-20-21-27(25-17-8-3-9-18-25)22-24-15-6-2-7-16-24/h1-2,4-7,12-13,15-16,25-26H,3,8-11,14,17-22H2. The van der Waals surface area contributed by atoms with Crippen molar-refractivity contribution in [2.45, 2.75) is 64.0 Å². The van der Waals surface area contributed by atoms with E-state index in [1.54, 1.807) is 0 Å². The molecule has 0 heterocycles. The fourth-order valence-corrected chi connectivity index (χ4v) is 4.23. The number of nitrogens with zero attached hydrogens (tertiary/aromatic N) is 1. The molecule has 2 aromatic carbocycles. The van der Waals surface area contributed by atoms with E-state index in [4.69, 9.17) is 0 Å². The molecule has 1 saturated carbocycles. The van der Waals surface area contributed by atoms with Crippen molar-refractivity contribution in [1.29, 1.82) is 0 Å². The Morgan fingerprint density at radius 3 is 2.11 bits per heavy atom. The number of hydrogen-bond acceptors (Lipinski definition) is 2. The van der Waals surface area contributed by atoms with E-state index >= 15 is 0 Å². The Morgan fingerprint density at radius 1 is 0.741 bits per heavy atom. The SMILES string of the molecule is c1ccc(CCCCNCCN(Cc2ccccc2)C2CCCCC2)cc1. The molecule has 0 radical (unpaired) electrons. The first-order chi connectivity index (χ1) is 13.4. The maximum absolute atomic E-state index is 3.69. The Morgan fingerprint density at radius 2 is 1.41 bits per heavy atom. The molecule has 0 bridgehead atoms. The van der Waals surface area contributed by atoms with Gasteiger partial charge in [0.2, 0.25) is 0 Å². The molecule has 1 aliphatic rings. The number of aryl methyl sites for hydroxylation is 1. The van der Waals surface area contributed by atoms with Crippen LogP contribution in [0, 0.1) is 0 Å². The maximum Gasteiger partial charge on any atom is 0.0237 e. The minimum absolute atomic E-state index is 0.777. The van der Waals surface area contributed by atoms with Crippen LogP contribution in [-0.2, 0) is 13.0 Å². The number of rotatable bonds is 11. The van der Waals surface area contributed by atoms with Gasteiger partial charge in [0.05, 0.1) is 0 Å². The van der Waals surface area contributed by atoms with E-state index in [0.717, 1.165) is 32.2 Å². The van der Waals surface area contributed by atoms with Gasteiger partial charge in [-0.3, -0.25) is 4.90 Å². The maximum atomic E-state index is 3.69. The van der Waals surface area contributed by atoms with Crippen molar-refractivity contribution in [1.82, 2.24) is 10.2 Å². The number of unbranched alkanes of at least 4 members (excludes halogenated alkanes) is 1. The van der Waals surface area contributed by atoms with Crippen LogP contribution in [0.3, 0.4) is 0 Å². The van der Waals surface area contributed by atoms with E-state index in [1.807, 2.05) is 0 Å². The highest BCUT2D eigenvalue weighted by molar-refractivity contribution is 5.15. The van der Waals surface area contributed by atoms with E-state index in [9.17, 15) is 0 Å². The van der Waals surface area contributed by atoms with Crippen molar-refractivity contribution in [2.24, 2.45) is 0 Å². The molecule has 0 atom stereocenters. The van der Waals surface area contributed by atoms with Gasteiger partial charge < -0.3 is 5.32 Å². The summed E-state index contributed by atoms with van der Waals surface area (Å²) in [4.78, 5) is 2.73. The van der Waals surface area contributed by atoms with Crippen LogP contribution in [-0.4, -0.2) is 30.6 Å². The molecule has 1 aliphatic carbocycles. The molecule has 2 heteroatoms. The van der Waals surface area contributed by atoms with Crippen LogP contribution in [0.2, 0.25) is 0 Å². The monoisotopic (exact) mass is 364 g/mol. The molecule has 2 aromatic rings. The van der Waals surface area contributed by atoms with Crippen LogP contribution in [0.1, 0.15) is 56.1 Å². The van der Waals surface area contributed by atoms with Crippen LogP contribution < -0.4 is 5.32 Å². The van der Waals surface area contributed by atoms with Gasteiger partial charge in [0.15, 0.2) is 0 Å². The number of hydrogen-bond donors (Lipinski definition) is 1. The molecule has 146 valence electrons. The molecule has 0 amide bonds. The van der Waals surface area contributed by atoms with Gasteiger partial charge in [0.1, 0.15) is 0 Å². The van der Waals surface area contributed by atoms with Crippen LogP contribution in [0.5, 0.6) is 0 Å². The molecule has 0 aromatic heterocycles. The molecule has 1 fully saturated rings. The van der Waals surface area contributed by atoms with Crippen LogP contribution in [0.4, 0.5) is 0 Å². The summed E-state index contributed by atoms with van der Waals surface area (Å²) in [6, 6.07) is 22.6. The van der Waals surface area contributed by atoms with Gasteiger partial charge in [-0.15, -0.1) is 0 Å². The molecule has 27 heavy (non-hydrogen) atoms. The Bertz CT molecular complexity index is 605. The lowest BCUT2D eigenvalue weighted by Gasteiger charge is -2.34. The Balaban J connectivity index is 1.35.